The van der Waals surface area contributed by atoms with Gasteiger partial charge >= 0.3 is 5.97 Å². The molecule has 5 nitrogen and oxygen atoms in total. The minimum Gasteiger partial charge on any atom is -0.480 e. The van der Waals surface area contributed by atoms with Crippen molar-refractivity contribution in [2.24, 2.45) is 0 Å². The van der Waals surface area contributed by atoms with Crippen LogP contribution in [0.2, 0.25) is 0 Å². The number of hydrogen-bond donors (Lipinski definition) is 2. The minimum atomic E-state index is -0.821. The van der Waals surface area contributed by atoms with Crippen molar-refractivity contribution in [3.05, 3.63) is 18.0 Å². The SMILES string of the molecule is CCCn1cc(C(NC2CCCC2)C(=O)O)cn1. The van der Waals surface area contributed by atoms with Gasteiger partial charge < -0.3 is 5.11 Å². The summed E-state index contributed by atoms with van der Waals surface area (Å²) in [5, 5.41) is 16.8. The second-order valence-corrected chi connectivity index (χ2v) is 4.96. The number of carboxylic acids is 1. The van der Waals surface area contributed by atoms with Gasteiger partial charge in [0.2, 0.25) is 0 Å². The highest BCUT2D eigenvalue weighted by molar-refractivity contribution is 5.75. The van der Waals surface area contributed by atoms with Crippen LogP contribution in [0.25, 0.3) is 0 Å². The van der Waals surface area contributed by atoms with Crippen molar-refractivity contribution in [3.8, 4) is 0 Å². The van der Waals surface area contributed by atoms with Crippen molar-refractivity contribution < 1.29 is 9.90 Å². The largest absolute Gasteiger partial charge is 0.480 e. The van der Waals surface area contributed by atoms with E-state index in [1.807, 2.05) is 10.9 Å². The summed E-state index contributed by atoms with van der Waals surface area (Å²) in [5.41, 5.74) is 0.753. The van der Waals surface area contributed by atoms with Crippen LogP contribution in [0.1, 0.15) is 50.6 Å². The van der Waals surface area contributed by atoms with Crippen LogP contribution >= 0.6 is 0 Å². The predicted octanol–water partition coefficient (Wildman–Crippen LogP) is 1.95. The fourth-order valence-electron chi connectivity index (χ4n) is 2.52. The Morgan fingerprint density at radius 3 is 2.94 bits per heavy atom. The van der Waals surface area contributed by atoms with Crippen LogP contribution in [-0.4, -0.2) is 26.9 Å². The number of rotatable bonds is 6. The first-order valence-corrected chi connectivity index (χ1v) is 6.72. The van der Waals surface area contributed by atoms with E-state index in [1.165, 1.54) is 12.8 Å². The fourth-order valence-corrected chi connectivity index (χ4v) is 2.52. The average molecular weight is 251 g/mol. The van der Waals surface area contributed by atoms with E-state index < -0.39 is 12.0 Å². The molecule has 0 amide bonds. The van der Waals surface area contributed by atoms with Gasteiger partial charge in [0.1, 0.15) is 6.04 Å². The number of nitrogens with one attached hydrogen (secondary N) is 1. The molecule has 1 aromatic heterocycles. The number of aliphatic carboxylic acids is 1. The summed E-state index contributed by atoms with van der Waals surface area (Å²) in [5.74, 6) is -0.821. The van der Waals surface area contributed by atoms with Crippen LogP contribution in [0.3, 0.4) is 0 Å². The third kappa shape index (κ3) is 3.10. The molecule has 2 N–H and O–H groups in total. The summed E-state index contributed by atoms with van der Waals surface area (Å²) < 4.78 is 1.81. The molecular weight excluding hydrogens is 230 g/mol. The average Bonchev–Trinajstić information content (AvgIpc) is 2.96. The second kappa shape index (κ2) is 6.00. The molecule has 5 heteroatoms. The number of nitrogens with zero attached hydrogens (tertiary/aromatic N) is 2. The minimum absolute atomic E-state index is 0.334. The number of carbonyl (C=O) groups is 1. The number of hydrogen-bond acceptors (Lipinski definition) is 3. The predicted molar refractivity (Wildman–Crippen MR) is 68.3 cm³/mol. The van der Waals surface area contributed by atoms with Crippen molar-refractivity contribution in [3.63, 3.8) is 0 Å². The van der Waals surface area contributed by atoms with Crippen molar-refractivity contribution in [2.45, 2.75) is 57.7 Å². The van der Waals surface area contributed by atoms with Crippen molar-refractivity contribution in [1.29, 1.82) is 0 Å². The highest BCUT2D eigenvalue weighted by atomic mass is 16.4. The van der Waals surface area contributed by atoms with E-state index in [1.54, 1.807) is 6.20 Å². The lowest BCUT2D eigenvalue weighted by Crippen LogP contribution is -2.35. The van der Waals surface area contributed by atoms with E-state index in [9.17, 15) is 9.90 Å². The Bertz CT molecular complexity index is 397. The summed E-state index contributed by atoms with van der Waals surface area (Å²) in [4.78, 5) is 11.4. The van der Waals surface area contributed by atoms with Gasteiger partial charge in [-0.05, 0) is 19.3 Å². The highest BCUT2D eigenvalue weighted by Gasteiger charge is 2.26. The molecule has 0 aliphatic heterocycles. The van der Waals surface area contributed by atoms with E-state index in [4.69, 9.17) is 0 Å². The summed E-state index contributed by atoms with van der Waals surface area (Å²) in [6, 6.07) is -0.292. The summed E-state index contributed by atoms with van der Waals surface area (Å²) >= 11 is 0. The molecule has 1 unspecified atom stereocenters. The number of carboxylic acid groups (broad SMARTS) is 1. The fraction of sp³-hybridized carbons (Fsp3) is 0.692. The van der Waals surface area contributed by atoms with Gasteiger partial charge in [-0.3, -0.25) is 14.8 Å². The third-order valence-electron chi connectivity index (χ3n) is 3.44. The summed E-state index contributed by atoms with van der Waals surface area (Å²) in [7, 11) is 0. The topological polar surface area (TPSA) is 67.2 Å². The maximum Gasteiger partial charge on any atom is 0.325 e. The Hall–Kier alpha value is -1.36. The van der Waals surface area contributed by atoms with Crippen molar-refractivity contribution in [2.75, 3.05) is 0 Å². The van der Waals surface area contributed by atoms with Crippen LogP contribution in [0.15, 0.2) is 12.4 Å². The van der Waals surface area contributed by atoms with Gasteiger partial charge in [0.15, 0.2) is 0 Å². The first kappa shape index (κ1) is 13.1. The van der Waals surface area contributed by atoms with Gasteiger partial charge in [-0.15, -0.1) is 0 Å². The zero-order valence-electron chi connectivity index (χ0n) is 10.8. The summed E-state index contributed by atoms with van der Waals surface area (Å²) in [6.07, 6.45) is 9.04. The molecule has 1 heterocycles. The maximum absolute atomic E-state index is 11.4. The Kier molecular flexibility index (Phi) is 4.36. The quantitative estimate of drug-likeness (QED) is 0.811. The van der Waals surface area contributed by atoms with E-state index in [2.05, 4.69) is 17.3 Å². The Morgan fingerprint density at radius 2 is 2.33 bits per heavy atom. The van der Waals surface area contributed by atoms with Gasteiger partial charge in [-0.2, -0.15) is 5.10 Å². The van der Waals surface area contributed by atoms with Gasteiger partial charge in [-0.1, -0.05) is 19.8 Å². The molecule has 2 rings (SSSR count). The first-order chi connectivity index (χ1) is 8.70. The molecule has 1 aliphatic rings. The monoisotopic (exact) mass is 251 g/mol. The highest BCUT2D eigenvalue weighted by Crippen LogP contribution is 2.22. The lowest BCUT2D eigenvalue weighted by molar-refractivity contribution is -0.139. The van der Waals surface area contributed by atoms with E-state index in [0.717, 1.165) is 31.4 Å². The number of aryl methyl sites for hydroxylation is 1. The van der Waals surface area contributed by atoms with Gasteiger partial charge in [0.25, 0.3) is 0 Å². The number of aromatic nitrogens is 2. The zero-order valence-corrected chi connectivity index (χ0v) is 10.8. The van der Waals surface area contributed by atoms with Crippen molar-refractivity contribution >= 4 is 5.97 Å². The molecule has 1 fully saturated rings. The van der Waals surface area contributed by atoms with Crippen LogP contribution in [0.4, 0.5) is 0 Å². The van der Waals surface area contributed by atoms with Crippen LogP contribution in [0.5, 0.6) is 0 Å². The molecule has 1 aliphatic carbocycles. The van der Waals surface area contributed by atoms with E-state index in [-0.39, 0.29) is 0 Å². The molecule has 0 spiro atoms. The van der Waals surface area contributed by atoms with Crippen LogP contribution in [0, 0.1) is 0 Å². The Balaban J connectivity index is 2.05. The van der Waals surface area contributed by atoms with Gasteiger partial charge in [-0.25, -0.2) is 0 Å². The van der Waals surface area contributed by atoms with Crippen LogP contribution < -0.4 is 5.32 Å². The van der Waals surface area contributed by atoms with E-state index in [0.29, 0.717) is 6.04 Å². The first-order valence-electron chi connectivity index (χ1n) is 6.72. The second-order valence-electron chi connectivity index (χ2n) is 4.96. The third-order valence-corrected chi connectivity index (χ3v) is 3.44. The standard InChI is InChI=1S/C13H21N3O2/c1-2-7-16-9-10(8-14-16)12(13(17)18)15-11-5-3-4-6-11/h8-9,11-12,15H,2-7H2,1H3,(H,17,18). The molecule has 1 aromatic rings. The normalized spacial score (nSPS) is 18.1. The maximum atomic E-state index is 11.4. The smallest absolute Gasteiger partial charge is 0.325 e. The Morgan fingerprint density at radius 1 is 1.61 bits per heavy atom. The molecule has 100 valence electrons. The molecule has 1 saturated carbocycles. The lowest BCUT2D eigenvalue weighted by Gasteiger charge is -2.18. The molecule has 0 aromatic carbocycles. The van der Waals surface area contributed by atoms with E-state index >= 15 is 0 Å². The van der Waals surface area contributed by atoms with Gasteiger partial charge in [0.05, 0.1) is 6.20 Å². The molecule has 1 atom stereocenters. The van der Waals surface area contributed by atoms with Gasteiger partial charge in [0, 0.05) is 24.3 Å². The zero-order chi connectivity index (χ0) is 13.0. The lowest BCUT2D eigenvalue weighted by atomic mass is 10.1. The molecule has 0 saturated heterocycles. The van der Waals surface area contributed by atoms with Crippen molar-refractivity contribution in [1.82, 2.24) is 15.1 Å². The van der Waals surface area contributed by atoms with Crippen LogP contribution in [-0.2, 0) is 11.3 Å². The molecular formula is C13H21N3O2. The molecule has 0 radical (unpaired) electrons. The summed E-state index contributed by atoms with van der Waals surface area (Å²) in [6.45, 7) is 2.91. The molecule has 18 heavy (non-hydrogen) atoms. The Labute approximate surface area is 107 Å². The molecule has 0 bridgehead atoms.